The summed E-state index contributed by atoms with van der Waals surface area (Å²) in [5.41, 5.74) is 0. The Morgan fingerprint density at radius 2 is 1.03 bits per heavy atom. The van der Waals surface area contributed by atoms with Gasteiger partial charge in [-0.15, -0.1) is 0 Å². The molecule has 0 spiro atoms. The van der Waals surface area contributed by atoms with Crippen LogP contribution in [0.5, 0.6) is 0 Å². The Kier molecular flexibility index (Phi) is 20.8. The SMILES string of the molecule is CC(=O)CCC(=O)NCCOCCOCCNC(=O)CCCCCCCCCCC(=O)O. The van der Waals surface area contributed by atoms with Gasteiger partial charge in [0.2, 0.25) is 11.8 Å². The number of carbonyl (C=O) groups is 4. The summed E-state index contributed by atoms with van der Waals surface area (Å²) in [6.45, 7) is 3.99. The highest BCUT2D eigenvalue weighted by Crippen LogP contribution is 2.10. The van der Waals surface area contributed by atoms with E-state index in [0.717, 1.165) is 51.4 Å². The molecular weight excluding hydrogens is 416 g/mol. The van der Waals surface area contributed by atoms with E-state index >= 15 is 0 Å². The molecule has 2 amide bonds. The lowest BCUT2D eigenvalue weighted by Gasteiger charge is -2.08. The third-order valence-electron chi connectivity index (χ3n) is 4.76. The molecule has 9 heteroatoms. The van der Waals surface area contributed by atoms with Crippen molar-refractivity contribution in [1.82, 2.24) is 10.6 Å². The normalized spacial score (nSPS) is 10.7. The van der Waals surface area contributed by atoms with Crippen molar-refractivity contribution in [2.45, 2.75) is 84.0 Å². The lowest BCUT2D eigenvalue weighted by atomic mass is 10.1. The standard InChI is InChI=1S/C23H42N2O7/c1-20(26)12-13-22(28)25-15-17-32-19-18-31-16-14-24-21(27)10-8-6-4-2-3-5-7-9-11-23(29)30/h2-19H2,1H3,(H,24,27)(H,25,28)(H,29,30). The van der Waals surface area contributed by atoms with Crippen LogP contribution in [-0.2, 0) is 28.7 Å². The first kappa shape index (κ1) is 30.0. The van der Waals surface area contributed by atoms with E-state index in [0.29, 0.717) is 45.9 Å². The number of aliphatic carboxylic acids is 1. The summed E-state index contributed by atoms with van der Waals surface area (Å²) in [5.74, 6) is -0.832. The zero-order valence-corrected chi connectivity index (χ0v) is 19.6. The monoisotopic (exact) mass is 458 g/mol. The molecular formula is C23H42N2O7. The Labute approximate surface area is 192 Å². The van der Waals surface area contributed by atoms with Crippen LogP contribution in [0.25, 0.3) is 0 Å². The number of unbranched alkanes of at least 4 members (excludes halogenated alkanes) is 7. The summed E-state index contributed by atoms with van der Waals surface area (Å²) in [6, 6.07) is 0. The number of hydrogen-bond donors (Lipinski definition) is 3. The van der Waals surface area contributed by atoms with Crippen LogP contribution in [0.15, 0.2) is 0 Å². The minimum absolute atomic E-state index is 0.000511. The van der Waals surface area contributed by atoms with E-state index in [1.165, 1.54) is 6.92 Å². The molecule has 0 aromatic rings. The molecule has 0 heterocycles. The van der Waals surface area contributed by atoms with Crippen LogP contribution in [0.1, 0.15) is 84.0 Å². The molecule has 0 bridgehead atoms. The summed E-state index contributed by atoms with van der Waals surface area (Å²) in [5, 5.41) is 14.1. The van der Waals surface area contributed by atoms with Crippen molar-refractivity contribution in [3.8, 4) is 0 Å². The van der Waals surface area contributed by atoms with Gasteiger partial charge in [0.05, 0.1) is 26.4 Å². The molecule has 0 atom stereocenters. The number of ketones is 1. The summed E-state index contributed by atoms with van der Waals surface area (Å²) in [7, 11) is 0. The van der Waals surface area contributed by atoms with Gasteiger partial charge in [-0.25, -0.2) is 0 Å². The van der Waals surface area contributed by atoms with Gasteiger partial charge < -0.3 is 30.0 Å². The van der Waals surface area contributed by atoms with Gasteiger partial charge in [0.15, 0.2) is 0 Å². The summed E-state index contributed by atoms with van der Waals surface area (Å²) < 4.78 is 10.7. The predicted octanol–water partition coefficient (Wildman–Crippen LogP) is 2.61. The Balaban J connectivity index is 3.26. The molecule has 0 rings (SSSR count). The average Bonchev–Trinajstić information content (AvgIpc) is 2.74. The van der Waals surface area contributed by atoms with Crippen LogP contribution >= 0.6 is 0 Å². The van der Waals surface area contributed by atoms with E-state index in [1.54, 1.807) is 0 Å². The van der Waals surface area contributed by atoms with Crippen LogP contribution in [0, 0.1) is 0 Å². The molecule has 0 saturated carbocycles. The maximum Gasteiger partial charge on any atom is 0.303 e. The van der Waals surface area contributed by atoms with Gasteiger partial charge in [0.1, 0.15) is 5.78 Å². The summed E-state index contributed by atoms with van der Waals surface area (Å²) in [4.78, 5) is 44.3. The smallest absolute Gasteiger partial charge is 0.303 e. The van der Waals surface area contributed by atoms with E-state index in [1.807, 2.05) is 0 Å². The molecule has 0 aliphatic carbocycles. The number of carboxylic acids is 1. The topological polar surface area (TPSA) is 131 Å². The van der Waals surface area contributed by atoms with Crippen molar-refractivity contribution in [2.24, 2.45) is 0 Å². The zero-order chi connectivity index (χ0) is 23.9. The van der Waals surface area contributed by atoms with Crippen molar-refractivity contribution in [2.75, 3.05) is 39.5 Å². The van der Waals surface area contributed by atoms with Gasteiger partial charge in [-0.3, -0.25) is 14.4 Å². The van der Waals surface area contributed by atoms with Crippen LogP contribution in [-0.4, -0.2) is 68.2 Å². The first-order valence-corrected chi connectivity index (χ1v) is 11.8. The molecule has 9 nitrogen and oxygen atoms in total. The van der Waals surface area contributed by atoms with Gasteiger partial charge in [0, 0.05) is 38.8 Å². The van der Waals surface area contributed by atoms with E-state index in [-0.39, 0.29) is 36.9 Å². The molecule has 0 aliphatic rings. The fraction of sp³-hybridized carbons (Fsp3) is 0.826. The van der Waals surface area contributed by atoms with Crippen molar-refractivity contribution in [3.05, 3.63) is 0 Å². The van der Waals surface area contributed by atoms with Crippen molar-refractivity contribution in [3.63, 3.8) is 0 Å². The highest BCUT2D eigenvalue weighted by atomic mass is 16.5. The Morgan fingerprint density at radius 3 is 1.50 bits per heavy atom. The number of Topliss-reactive ketones (excluding diaryl/α,β-unsaturated/α-hetero) is 1. The van der Waals surface area contributed by atoms with E-state index in [4.69, 9.17) is 14.6 Å². The maximum atomic E-state index is 11.8. The predicted molar refractivity (Wildman–Crippen MR) is 121 cm³/mol. The molecule has 0 saturated heterocycles. The molecule has 0 aromatic carbocycles. The van der Waals surface area contributed by atoms with E-state index < -0.39 is 5.97 Å². The number of carbonyl (C=O) groups excluding carboxylic acids is 3. The van der Waals surface area contributed by atoms with Gasteiger partial charge in [0.25, 0.3) is 0 Å². The molecule has 0 unspecified atom stereocenters. The van der Waals surface area contributed by atoms with Crippen molar-refractivity contribution >= 4 is 23.6 Å². The Bertz CT molecular complexity index is 526. The molecule has 3 N–H and O–H groups in total. The first-order chi connectivity index (χ1) is 15.4. The molecule has 0 aromatic heterocycles. The highest BCUT2D eigenvalue weighted by molar-refractivity contribution is 5.83. The van der Waals surface area contributed by atoms with Crippen LogP contribution in [0.4, 0.5) is 0 Å². The highest BCUT2D eigenvalue weighted by Gasteiger charge is 2.03. The number of hydrogen-bond acceptors (Lipinski definition) is 6. The summed E-state index contributed by atoms with van der Waals surface area (Å²) in [6.07, 6.45) is 9.37. The average molecular weight is 459 g/mol. The maximum absolute atomic E-state index is 11.8. The molecule has 186 valence electrons. The van der Waals surface area contributed by atoms with Gasteiger partial charge >= 0.3 is 5.97 Å². The molecule has 32 heavy (non-hydrogen) atoms. The van der Waals surface area contributed by atoms with Crippen molar-refractivity contribution < 1.29 is 33.8 Å². The number of rotatable bonds is 23. The number of carboxylic acid groups (broad SMARTS) is 1. The largest absolute Gasteiger partial charge is 0.481 e. The molecule has 0 radical (unpaired) electrons. The minimum atomic E-state index is -0.720. The van der Waals surface area contributed by atoms with Gasteiger partial charge in [-0.1, -0.05) is 38.5 Å². The zero-order valence-electron chi connectivity index (χ0n) is 19.6. The Hall–Kier alpha value is -2.00. The second-order valence-electron chi connectivity index (χ2n) is 7.85. The second kappa shape index (κ2) is 22.2. The van der Waals surface area contributed by atoms with Crippen molar-refractivity contribution in [1.29, 1.82) is 0 Å². The fourth-order valence-corrected chi connectivity index (χ4v) is 2.94. The summed E-state index contributed by atoms with van der Waals surface area (Å²) >= 11 is 0. The molecule has 0 aliphatic heterocycles. The number of amides is 2. The number of ether oxygens (including phenoxy) is 2. The van der Waals surface area contributed by atoms with Crippen LogP contribution in [0.3, 0.4) is 0 Å². The number of nitrogens with one attached hydrogen (secondary N) is 2. The lowest BCUT2D eigenvalue weighted by molar-refractivity contribution is -0.137. The fourth-order valence-electron chi connectivity index (χ4n) is 2.94. The Morgan fingerprint density at radius 1 is 0.594 bits per heavy atom. The third kappa shape index (κ3) is 24.3. The van der Waals surface area contributed by atoms with Gasteiger partial charge in [-0.2, -0.15) is 0 Å². The van der Waals surface area contributed by atoms with Crippen LogP contribution in [0.2, 0.25) is 0 Å². The van der Waals surface area contributed by atoms with Gasteiger partial charge in [-0.05, 0) is 19.8 Å². The quantitative estimate of drug-likeness (QED) is 0.201. The molecule has 0 fully saturated rings. The first-order valence-electron chi connectivity index (χ1n) is 11.8. The van der Waals surface area contributed by atoms with E-state index in [2.05, 4.69) is 10.6 Å². The lowest BCUT2D eigenvalue weighted by Crippen LogP contribution is -2.28. The third-order valence-corrected chi connectivity index (χ3v) is 4.76. The van der Waals surface area contributed by atoms with Crippen LogP contribution < -0.4 is 10.6 Å². The minimum Gasteiger partial charge on any atom is -0.481 e. The second-order valence-corrected chi connectivity index (χ2v) is 7.85. The van der Waals surface area contributed by atoms with E-state index in [9.17, 15) is 19.2 Å².